The standard InChI is InChI=1S/C19H23FN4O4S2/c1-22(2)7-8-30(27,28)23-9-14-13(15(14)10-23)5-3-12-4-6-16(25)19(18(12)20)24-11-17(26)21-29-24/h4,6,13-15,25H,7-11H2,1-2H3,(H,21,26)/t13?,14-,15+. The van der Waals surface area contributed by atoms with Crippen molar-refractivity contribution in [1.29, 1.82) is 0 Å². The van der Waals surface area contributed by atoms with E-state index < -0.39 is 15.8 Å². The van der Waals surface area contributed by atoms with Crippen LogP contribution in [0.4, 0.5) is 10.1 Å². The largest absolute Gasteiger partial charge is 0.506 e. The molecule has 0 radical (unpaired) electrons. The summed E-state index contributed by atoms with van der Waals surface area (Å²) in [5.74, 6) is 5.23. The molecule has 30 heavy (non-hydrogen) atoms. The van der Waals surface area contributed by atoms with Crippen molar-refractivity contribution >= 4 is 33.8 Å². The van der Waals surface area contributed by atoms with E-state index in [1.165, 1.54) is 20.7 Å². The molecule has 0 bridgehead atoms. The molecule has 0 aromatic heterocycles. The summed E-state index contributed by atoms with van der Waals surface area (Å²) in [6.45, 7) is 1.34. The Labute approximate surface area is 179 Å². The maximum atomic E-state index is 14.9. The van der Waals surface area contributed by atoms with Crippen LogP contribution in [0.15, 0.2) is 12.1 Å². The van der Waals surface area contributed by atoms with Gasteiger partial charge in [0.15, 0.2) is 5.82 Å². The number of nitrogens with zero attached hydrogens (tertiary/aromatic N) is 3. The zero-order valence-electron chi connectivity index (χ0n) is 16.6. The van der Waals surface area contributed by atoms with Gasteiger partial charge in [-0.25, -0.2) is 17.1 Å². The molecule has 8 nitrogen and oxygen atoms in total. The van der Waals surface area contributed by atoms with E-state index in [2.05, 4.69) is 16.6 Å². The van der Waals surface area contributed by atoms with Gasteiger partial charge in [0.25, 0.3) is 5.91 Å². The lowest BCUT2D eigenvalue weighted by Crippen LogP contribution is -2.36. The highest BCUT2D eigenvalue weighted by atomic mass is 32.2. The van der Waals surface area contributed by atoms with Crippen LogP contribution in [0.25, 0.3) is 0 Å². The first kappa shape index (κ1) is 21.2. The third-order valence-electron chi connectivity index (χ3n) is 5.63. The first-order valence-electron chi connectivity index (χ1n) is 9.56. The molecule has 4 rings (SSSR count). The van der Waals surface area contributed by atoms with Crippen LogP contribution in [0.5, 0.6) is 5.75 Å². The maximum absolute atomic E-state index is 14.9. The van der Waals surface area contributed by atoms with Gasteiger partial charge in [-0.05, 0) is 38.1 Å². The van der Waals surface area contributed by atoms with Gasteiger partial charge < -0.3 is 10.0 Å². The Morgan fingerprint density at radius 2 is 2.03 bits per heavy atom. The van der Waals surface area contributed by atoms with E-state index in [4.69, 9.17) is 0 Å². The number of hydrogen-bond acceptors (Lipinski definition) is 7. The topological polar surface area (TPSA) is 93.2 Å². The summed E-state index contributed by atoms with van der Waals surface area (Å²) in [5.41, 5.74) is 0.0717. The number of halogens is 1. The number of anilines is 1. The minimum Gasteiger partial charge on any atom is -0.506 e. The average Bonchev–Trinajstić information content (AvgIpc) is 3.00. The summed E-state index contributed by atoms with van der Waals surface area (Å²) in [6.07, 6.45) is 0. The molecule has 3 fully saturated rings. The first-order chi connectivity index (χ1) is 14.2. The number of phenolic OH excluding ortho intramolecular Hbond substituents is 1. The third-order valence-corrected chi connectivity index (χ3v) is 8.26. The second kappa shape index (κ2) is 7.92. The number of benzene rings is 1. The van der Waals surface area contributed by atoms with Crippen molar-refractivity contribution in [1.82, 2.24) is 13.9 Å². The fourth-order valence-electron chi connectivity index (χ4n) is 3.83. The summed E-state index contributed by atoms with van der Waals surface area (Å²) < 4.78 is 45.1. The molecule has 1 aliphatic carbocycles. The van der Waals surface area contributed by atoms with E-state index in [0.29, 0.717) is 19.6 Å². The number of fused-ring (bicyclic) bond motifs is 1. The van der Waals surface area contributed by atoms with Gasteiger partial charge in [-0.2, -0.15) is 0 Å². The van der Waals surface area contributed by atoms with Gasteiger partial charge in [-0.1, -0.05) is 11.8 Å². The molecular weight excluding hydrogens is 431 g/mol. The number of amides is 1. The monoisotopic (exact) mass is 454 g/mol. The Morgan fingerprint density at radius 1 is 1.33 bits per heavy atom. The molecular formula is C19H23FN4O4S2. The SMILES string of the molecule is CN(C)CCS(=O)(=O)N1C[C@@H]2C(C#Cc3ccc(O)c(N4CC(=O)NS4)c3F)[C@@H]2C1. The molecule has 2 heterocycles. The highest BCUT2D eigenvalue weighted by Gasteiger charge is 2.57. The van der Waals surface area contributed by atoms with E-state index in [1.807, 2.05) is 19.0 Å². The van der Waals surface area contributed by atoms with Crippen LogP contribution in [-0.4, -0.2) is 74.7 Å². The van der Waals surface area contributed by atoms with Crippen molar-refractivity contribution in [3.63, 3.8) is 0 Å². The van der Waals surface area contributed by atoms with Crippen LogP contribution in [0.2, 0.25) is 0 Å². The molecule has 1 saturated carbocycles. The number of rotatable bonds is 5. The number of phenols is 1. The highest BCUT2D eigenvalue weighted by Crippen LogP contribution is 2.52. The maximum Gasteiger partial charge on any atom is 0.251 e. The van der Waals surface area contributed by atoms with Crippen LogP contribution >= 0.6 is 12.1 Å². The Bertz CT molecular complexity index is 1020. The third kappa shape index (κ3) is 4.09. The van der Waals surface area contributed by atoms with Gasteiger partial charge in [0, 0.05) is 25.6 Å². The number of hydrogen-bond donors (Lipinski definition) is 2. The summed E-state index contributed by atoms with van der Waals surface area (Å²) >= 11 is 0.919. The average molecular weight is 455 g/mol. The number of sulfonamides is 1. The second-order valence-corrected chi connectivity index (χ2v) is 10.9. The number of nitrogens with one attached hydrogen (secondary N) is 1. The normalized spacial score (nSPS) is 25.8. The molecule has 3 atom stereocenters. The predicted octanol–water partition coefficient (Wildman–Crippen LogP) is 0.451. The lowest BCUT2D eigenvalue weighted by molar-refractivity contribution is -0.117. The van der Waals surface area contributed by atoms with E-state index in [0.717, 1.165) is 12.1 Å². The Hall–Kier alpha value is -2.00. The van der Waals surface area contributed by atoms with E-state index in [9.17, 15) is 22.7 Å². The molecule has 1 aromatic rings. The lowest BCUT2D eigenvalue weighted by atomic mass is 10.1. The van der Waals surface area contributed by atoms with Crippen molar-refractivity contribution in [3.8, 4) is 17.6 Å². The van der Waals surface area contributed by atoms with Crippen LogP contribution in [0.3, 0.4) is 0 Å². The predicted molar refractivity (Wildman–Crippen MR) is 112 cm³/mol. The smallest absolute Gasteiger partial charge is 0.251 e. The summed E-state index contributed by atoms with van der Waals surface area (Å²) in [4.78, 5) is 13.2. The van der Waals surface area contributed by atoms with E-state index >= 15 is 0 Å². The minimum absolute atomic E-state index is 0.0476. The molecule has 1 aromatic carbocycles. The molecule has 11 heteroatoms. The number of piperidine rings is 1. The van der Waals surface area contributed by atoms with Gasteiger partial charge in [-0.15, -0.1) is 0 Å². The molecule has 2 N–H and O–H groups in total. The van der Waals surface area contributed by atoms with Crippen LogP contribution in [-0.2, 0) is 14.8 Å². The molecule has 2 aliphatic heterocycles. The zero-order chi connectivity index (χ0) is 21.6. The van der Waals surface area contributed by atoms with E-state index in [-0.39, 0.29) is 53.0 Å². The number of carbonyl (C=O) groups excluding carboxylic acids is 1. The molecule has 0 spiro atoms. The Balaban J connectivity index is 1.42. The van der Waals surface area contributed by atoms with Gasteiger partial charge in [-0.3, -0.25) is 13.8 Å². The fraction of sp³-hybridized carbons (Fsp3) is 0.526. The van der Waals surface area contributed by atoms with Gasteiger partial charge >= 0.3 is 0 Å². The Kier molecular flexibility index (Phi) is 5.61. The van der Waals surface area contributed by atoms with Crippen molar-refractivity contribution in [2.75, 3.05) is 50.3 Å². The number of carbonyl (C=O) groups is 1. The van der Waals surface area contributed by atoms with E-state index in [1.54, 1.807) is 0 Å². The second-order valence-electron chi connectivity index (χ2n) is 8.01. The molecule has 3 aliphatic rings. The molecule has 162 valence electrons. The summed E-state index contributed by atoms with van der Waals surface area (Å²) in [5, 5.41) is 10.0. The fourth-order valence-corrected chi connectivity index (χ4v) is 6.21. The lowest BCUT2D eigenvalue weighted by Gasteiger charge is -2.20. The molecule has 2 saturated heterocycles. The van der Waals surface area contributed by atoms with Gasteiger partial charge in [0.2, 0.25) is 10.0 Å². The van der Waals surface area contributed by atoms with Crippen molar-refractivity contribution < 1.29 is 22.7 Å². The molecule has 1 amide bonds. The minimum atomic E-state index is -3.26. The van der Waals surface area contributed by atoms with Gasteiger partial charge in [0.05, 0.1) is 23.5 Å². The Morgan fingerprint density at radius 3 is 2.63 bits per heavy atom. The van der Waals surface area contributed by atoms with Gasteiger partial charge in [0.1, 0.15) is 18.0 Å². The molecule has 1 unspecified atom stereocenters. The first-order valence-corrected chi connectivity index (χ1v) is 11.9. The summed E-state index contributed by atoms with van der Waals surface area (Å²) in [6, 6.07) is 2.77. The number of aromatic hydroxyl groups is 1. The zero-order valence-corrected chi connectivity index (χ0v) is 18.3. The highest BCUT2D eigenvalue weighted by molar-refractivity contribution is 7.99. The van der Waals surface area contributed by atoms with Crippen LogP contribution in [0.1, 0.15) is 5.56 Å². The summed E-state index contributed by atoms with van der Waals surface area (Å²) in [7, 11) is 0.416. The van der Waals surface area contributed by atoms with Crippen molar-refractivity contribution in [2.45, 2.75) is 0 Å². The quantitative estimate of drug-likeness (QED) is 0.493. The van der Waals surface area contributed by atoms with Crippen LogP contribution < -0.4 is 9.03 Å². The van der Waals surface area contributed by atoms with Crippen molar-refractivity contribution in [3.05, 3.63) is 23.5 Å². The van der Waals surface area contributed by atoms with Crippen molar-refractivity contribution in [2.24, 2.45) is 17.8 Å². The van der Waals surface area contributed by atoms with Crippen LogP contribution in [0, 0.1) is 35.4 Å².